The Balaban J connectivity index is -0.0000000171. The van der Waals surface area contributed by atoms with Gasteiger partial charge >= 0.3 is 117 Å². The fraction of sp³-hybridized carbons (Fsp3) is 0. The Morgan fingerprint density at radius 1 is 0.636 bits per heavy atom. The summed E-state index contributed by atoms with van der Waals surface area (Å²) >= 11 is 0. The zero-order valence-electron chi connectivity index (χ0n) is 5.73. The van der Waals surface area contributed by atoms with Crippen LogP contribution in [0.4, 0.5) is 0 Å². The first-order chi connectivity index (χ1) is 3.46. The molecule has 0 aromatic heterocycles. The van der Waals surface area contributed by atoms with Gasteiger partial charge in [-0.2, -0.15) is 0 Å². The molecule has 0 saturated heterocycles. The first kappa shape index (κ1) is 29.3. The van der Waals surface area contributed by atoms with E-state index in [-0.39, 0.29) is 117 Å². The van der Waals surface area contributed by atoms with E-state index in [4.69, 9.17) is 30.1 Å². The molecule has 11 heavy (non-hydrogen) atoms. The van der Waals surface area contributed by atoms with Crippen molar-refractivity contribution in [1.82, 2.24) is 0 Å². The SMILES string of the molecule is [Ba+2].[Mg+2].[O-]B([O-])[O-].[O-]B([O-])[O-].[Sr+2]. The van der Waals surface area contributed by atoms with E-state index in [1.165, 1.54) is 0 Å². The summed E-state index contributed by atoms with van der Waals surface area (Å²) in [7, 11) is -5.83. The van der Waals surface area contributed by atoms with E-state index in [9.17, 15) is 0 Å². The molecule has 0 rings (SSSR count). The molecule has 0 aromatic carbocycles. The first-order valence-corrected chi connectivity index (χ1v) is 1.41. The largest absolute Gasteiger partial charge is 2.00 e. The van der Waals surface area contributed by atoms with Gasteiger partial charge in [-0.15, -0.1) is 0 Å². The van der Waals surface area contributed by atoms with E-state index < -0.39 is 14.6 Å². The molecule has 0 spiro atoms. The van der Waals surface area contributed by atoms with Gasteiger partial charge < -0.3 is 30.1 Å². The molecule has 0 aliphatic rings. The van der Waals surface area contributed by atoms with Crippen LogP contribution >= 0.6 is 0 Å². The second-order valence-corrected chi connectivity index (χ2v) is 0.577. The third-order valence-corrected chi connectivity index (χ3v) is 0. The predicted molar refractivity (Wildman–Crippen MR) is 28.8 cm³/mol. The zero-order valence-corrected chi connectivity index (χ0v) is 15.1. The van der Waals surface area contributed by atoms with Gasteiger partial charge in [0.05, 0.1) is 0 Å². The van der Waals surface area contributed by atoms with Crippen molar-refractivity contribution in [2.75, 3.05) is 0 Å². The van der Waals surface area contributed by atoms with E-state index in [0.29, 0.717) is 0 Å². The van der Waals surface area contributed by atoms with Gasteiger partial charge in [0.2, 0.25) is 0 Å². The molecule has 0 N–H and O–H groups in total. The maximum absolute atomic E-state index is 8.42. The van der Waals surface area contributed by atoms with Crippen LogP contribution in [-0.4, -0.2) is 132 Å². The van der Waals surface area contributed by atoms with Gasteiger partial charge in [0.15, 0.2) is 0 Å². The zero-order chi connectivity index (χ0) is 7.15. The van der Waals surface area contributed by atoms with Crippen LogP contribution in [0.5, 0.6) is 0 Å². The Hall–Kier alpha value is 3.71. The van der Waals surface area contributed by atoms with Crippen LogP contribution in [0.1, 0.15) is 0 Å². The smallest absolute Gasteiger partial charge is 0.907 e. The Bertz CT molecular complexity index is 36.1. The molecule has 0 aromatic rings. The van der Waals surface area contributed by atoms with Gasteiger partial charge in [-0.25, -0.2) is 0 Å². The molecule has 0 bridgehead atoms. The van der Waals surface area contributed by atoms with Gasteiger partial charge in [0.1, 0.15) is 0 Å². The summed E-state index contributed by atoms with van der Waals surface area (Å²) in [6.45, 7) is 0. The van der Waals surface area contributed by atoms with Gasteiger partial charge in [-0.3, -0.25) is 14.6 Å². The van der Waals surface area contributed by atoms with Crippen LogP contribution in [0.25, 0.3) is 0 Å². The molecule has 0 fully saturated rings. The maximum atomic E-state index is 8.42. The first-order valence-electron chi connectivity index (χ1n) is 1.41. The van der Waals surface area contributed by atoms with Crippen LogP contribution in [0.15, 0.2) is 0 Å². The fourth-order valence-corrected chi connectivity index (χ4v) is 0. The average molecular weight is 367 g/mol. The summed E-state index contributed by atoms with van der Waals surface area (Å²) in [5.41, 5.74) is 0. The molecule has 48 valence electrons. The van der Waals surface area contributed by atoms with Crippen LogP contribution in [0.2, 0.25) is 0 Å². The topological polar surface area (TPSA) is 138 Å². The van der Waals surface area contributed by atoms with Gasteiger partial charge in [-0.1, -0.05) is 0 Å². The van der Waals surface area contributed by atoms with Crippen molar-refractivity contribution in [3.05, 3.63) is 0 Å². The Labute approximate surface area is 158 Å². The van der Waals surface area contributed by atoms with Crippen LogP contribution < -0.4 is 30.1 Å². The van der Waals surface area contributed by atoms with Crippen molar-refractivity contribution in [3.63, 3.8) is 0 Å². The third kappa shape index (κ3) is 137. The standard InChI is InChI=1S/2BO3.Ba.Mg.Sr/c2*2-1(3)4;;;/q2*-3;3*+2. The van der Waals surface area contributed by atoms with Crippen LogP contribution in [0.3, 0.4) is 0 Å². The molecule has 0 saturated carbocycles. The summed E-state index contributed by atoms with van der Waals surface area (Å²) in [4.78, 5) is 0. The van der Waals surface area contributed by atoms with E-state index in [0.717, 1.165) is 0 Å². The van der Waals surface area contributed by atoms with Crippen LogP contribution in [0, 0.1) is 0 Å². The third-order valence-electron chi connectivity index (χ3n) is 0. The minimum atomic E-state index is -2.92. The van der Waals surface area contributed by atoms with Crippen molar-refractivity contribution in [2.24, 2.45) is 0 Å². The molecule has 0 unspecified atom stereocenters. The summed E-state index contributed by atoms with van der Waals surface area (Å²) in [5.74, 6) is 0. The van der Waals surface area contributed by atoms with Crippen molar-refractivity contribution < 1.29 is 30.1 Å². The molecular formula is B2BaMgO6Sr. The van der Waals surface area contributed by atoms with Crippen molar-refractivity contribution in [1.29, 1.82) is 0 Å². The van der Waals surface area contributed by atoms with Crippen molar-refractivity contribution in [3.8, 4) is 0 Å². The van der Waals surface area contributed by atoms with Crippen molar-refractivity contribution >= 4 is 132 Å². The second kappa shape index (κ2) is 23.5. The Morgan fingerprint density at radius 3 is 0.636 bits per heavy atom. The predicted octanol–water partition coefficient (Wildman–Crippen LogP) is -9.04. The molecule has 0 aliphatic heterocycles. The summed E-state index contributed by atoms with van der Waals surface area (Å²) in [6, 6.07) is 0. The number of hydrogen-bond acceptors (Lipinski definition) is 6. The summed E-state index contributed by atoms with van der Waals surface area (Å²) in [6.07, 6.45) is 0. The average Bonchev–Trinajstić information content (AvgIpc) is 1.25. The molecule has 0 atom stereocenters. The molecule has 0 radical (unpaired) electrons. The molecule has 0 aliphatic carbocycles. The monoisotopic (exact) mass is 368 g/mol. The van der Waals surface area contributed by atoms with Gasteiger partial charge in [-0.05, 0) is 0 Å². The van der Waals surface area contributed by atoms with Crippen LogP contribution in [-0.2, 0) is 0 Å². The maximum Gasteiger partial charge on any atom is 2.00 e. The van der Waals surface area contributed by atoms with Gasteiger partial charge in [0.25, 0.3) is 0 Å². The summed E-state index contributed by atoms with van der Waals surface area (Å²) < 4.78 is 0. The minimum Gasteiger partial charge on any atom is -0.907 e. The number of rotatable bonds is 0. The quantitative estimate of drug-likeness (QED) is 0.390. The molecule has 6 nitrogen and oxygen atoms in total. The molecule has 0 amide bonds. The van der Waals surface area contributed by atoms with Crippen molar-refractivity contribution in [2.45, 2.75) is 0 Å². The van der Waals surface area contributed by atoms with Gasteiger partial charge in [0, 0.05) is 0 Å². The van der Waals surface area contributed by atoms with E-state index >= 15 is 0 Å². The van der Waals surface area contributed by atoms with E-state index in [1.54, 1.807) is 0 Å². The normalized spacial score (nSPS) is 4.91. The molecule has 0 heterocycles. The fourth-order valence-electron chi connectivity index (χ4n) is 0. The van der Waals surface area contributed by atoms with E-state index in [1.807, 2.05) is 0 Å². The van der Waals surface area contributed by atoms with E-state index in [2.05, 4.69) is 0 Å². The second-order valence-electron chi connectivity index (χ2n) is 0.577. The summed E-state index contributed by atoms with van der Waals surface area (Å²) in [5, 5.41) is 50.5. The molecular weight excluding hydrogens is 367 g/mol. The Morgan fingerprint density at radius 2 is 0.636 bits per heavy atom. The Kier molecular flexibility index (Phi) is 62.6. The number of hydrogen-bond donors (Lipinski definition) is 0. The molecule has 11 heteroatoms. The minimum absolute atomic E-state index is 0.